The van der Waals surface area contributed by atoms with Crippen LogP contribution < -0.4 is 0 Å². The van der Waals surface area contributed by atoms with E-state index in [1.807, 2.05) is 36.4 Å². The van der Waals surface area contributed by atoms with Gasteiger partial charge in [0.15, 0.2) is 5.78 Å². The highest BCUT2D eigenvalue weighted by Crippen LogP contribution is 2.14. The van der Waals surface area contributed by atoms with Crippen LogP contribution in [-0.4, -0.2) is 10.8 Å². The van der Waals surface area contributed by atoms with Crippen molar-refractivity contribution in [2.24, 2.45) is 0 Å². The molecule has 0 aliphatic carbocycles. The molecule has 2 aromatic rings. The number of Topliss-reactive ketones (excluding diaryl/α,β-unsaturated/α-hetero) is 1. The Kier molecular flexibility index (Phi) is 6.17. The summed E-state index contributed by atoms with van der Waals surface area (Å²) >= 11 is 5.88. The van der Waals surface area contributed by atoms with Crippen LogP contribution in [-0.2, 0) is 0 Å². The van der Waals surface area contributed by atoms with E-state index in [0.29, 0.717) is 17.0 Å². The number of pyridine rings is 1. The predicted molar refractivity (Wildman–Crippen MR) is 87.5 cm³/mol. The van der Waals surface area contributed by atoms with Crippen LogP contribution in [0.5, 0.6) is 0 Å². The highest BCUT2D eigenvalue weighted by Gasteiger charge is 2.05. The molecule has 0 saturated carbocycles. The zero-order chi connectivity index (χ0) is 14.9. The van der Waals surface area contributed by atoms with E-state index in [2.05, 4.69) is 11.1 Å². The van der Waals surface area contributed by atoms with Crippen molar-refractivity contribution in [1.82, 2.24) is 4.98 Å². The van der Waals surface area contributed by atoms with Gasteiger partial charge in [-0.2, -0.15) is 0 Å². The second-order valence-corrected chi connectivity index (χ2v) is 5.27. The van der Waals surface area contributed by atoms with Gasteiger partial charge in [-0.05, 0) is 49.6 Å². The van der Waals surface area contributed by atoms with E-state index in [4.69, 9.17) is 11.6 Å². The van der Waals surface area contributed by atoms with Crippen molar-refractivity contribution in [3.05, 3.63) is 71.0 Å². The number of hydrogen-bond acceptors (Lipinski definition) is 2. The number of allylic oxidation sites excluding steroid dienone is 1. The van der Waals surface area contributed by atoms with Crippen LogP contribution in [0, 0.1) is 0 Å². The lowest BCUT2D eigenvalue weighted by Crippen LogP contribution is -1.98. The first kappa shape index (κ1) is 15.5. The molecular weight excluding hydrogens is 282 g/mol. The molecule has 0 N–H and O–H groups in total. The molecule has 0 aliphatic heterocycles. The zero-order valence-electron chi connectivity index (χ0n) is 11.8. The maximum absolute atomic E-state index is 12.0. The molecule has 2 nitrogen and oxygen atoms in total. The lowest BCUT2D eigenvalue weighted by atomic mass is 10.0. The number of carbonyl (C=O) groups excluding carboxylic acids is 1. The molecule has 1 aromatic heterocycles. The Morgan fingerprint density at radius 3 is 2.81 bits per heavy atom. The van der Waals surface area contributed by atoms with Crippen LogP contribution in [0.2, 0.25) is 5.02 Å². The Hall–Kier alpha value is -1.93. The van der Waals surface area contributed by atoms with E-state index < -0.39 is 0 Å². The molecule has 0 spiro atoms. The van der Waals surface area contributed by atoms with E-state index in [0.717, 1.165) is 25.0 Å². The molecule has 0 fully saturated rings. The summed E-state index contributed by atoms with van der Waals surface area (Å²) in [4.78, 5) is 16.2. The fourth-order valence-corrected chi connectivity index (χ4v) is 2.22. The molecule has 3 heteroatoms. The summed E-state index contributed by atoms with van der Waals surface area (Å²) in [5.74, 6) is 0.159. The molecule has 0 bridgehead atoms. The van der Waals surface area contributed by atoms with Gasteiger partial charge >= 0.3 is 0 Å². The third-order valence-electron chi connectivity index (χ3n) is 3.15. The van der Waals surface area contributed by atoms with Crippen molar-refractivity contribution in [3.8, 4) is 0 Å². The first-order chi connectivity index (χ1) is 10.3. The second-order valence-electron chi connectivity index (χ2n) is 4.84. The lowest BCUT2D eigenvalue weighted by molar-refractivity contribution is 0.0979. The second kappa shape index (κ2) is 8.38. The molecule has 0 aliphatic rings. The van der Waals surface area contributed by atoms with Crippen LogP contribution in [0.4, 0.5) is 0 Å². The van der Waals surface area contributed by atoms with Gasteiger partial charge in [0.25, 0.3) is 0 Å². The Bertz CT molecular complexity index is 608. The highest BCUT2D eigenvalue weighted by molar-refractivity contribution is 6.31. The van der Waals surface area contributed by atoms with Gasteiger partial charge < -0.3 is 0 Å². The van der Waals surface area contributed by atoms with E-state index in [-0.39, 0.29) is 5.78 Å². The topological polar surface area (TPSA) is 30.0 Å². The largest absolute Gasteiger partial charge is 0.294 e. The first-order valence-electron chi connectivity index (χ1n) is 7.12. The van der Waals surface area contributed by atoms with Crippen LogP contribution >= 0.6 is 11.6 Å². The number of hydrogen-bond donors (Lipinski definition) is 0. The zero-order valence-corrected chi connectivity index (χ0v) is 12.6. The number of unbranched alkanes of at least 4 members (excludes halogenated alkanes) is 2. The minimum Gasteiger partial charge on any atom is -0.294 e. The monoisotopic (exact) mass is 299 g/mol. The summed E-state index contributed by atoms with van der Waals surface area (Å²) in [5.41, 5.74) is 1.67. The lowest BCUT2D eigenvalue weighted by Gasteiger charge is -2.01. The number of nitrogens with zero attached hydrogens (tertiary/aromatic N) is 1. The molecule has 2 rings (SSSR count). The molecular formula is C18H18ClNO. The van der Waals surface area contributed by atoms with Gasteiger partial charge in [-0.3, -0.25) is 9.78 Å². The van der Waals surface area contributed by atoms with Crippen molar-refractivity contribution in [2.45, 2.75) is 25.7 Å². The summed E-state index contributed by atoms with van der Waals surface area (Å²) in [6, 6.07) is 13.0. The molecule has 21 heavy (non-hydrogen) atoms. The van der Waals surface area contributed by atoms with E-state index >= 15 is 0 Å². The Morgan fingerprint density at radius 1 is 1.14 bits per heavy atom. The number of benzene rings is 1. The van der Waals surface area contributed by atoms with Crippen molar-refractivity contribution in [2.75, 3.05) is 0 Å². The van der Waals surface area contributed by atoms with Gasteiger partial charge in [0.2, 0.25) is 0 Å². The summed E-state index contributed by atoms with van der Waals surface area (Å²) in [7, 11) is 0. The number of aromatic nitrogens is 1. The smallest absolute Gasteiger partial charge is 0.162 e. The SMILES string of the molecule is O=C(CCCC/C=C\c1ccccn1)c1cccc(Cl)c1. The Morgan fingerprint density at radius 2 is 2.05 bits per heavy atom. The summed E-state index contributed by atoms with van der Waals surface area (Å²) < 4.78 is 0. The maximum atomic E-state index is 12.0. The van der Waals surface area contributed by atoms with Crippen LogP contribution in [0.15, 0.2) is 54.7 Å². The van der Waals surface area contributed by atoms with E-state index in [1.54, 1.807) is 18.3 Å². The Balaban J connectivity index is 1.68. The number of halogens is 1. The molecule has 0 radical (unpaired) electrons. The standard InChI is InChI=1S/C18H18ClNO/c19-16-9-7-8-15(14-16)18(21)12-4-2-1-3-10-17-11-5-6-13-20-17/h3,5-11,13-14H,1-2,4,12H2/b10-3-. The number of rotatable bonds is 7. The minimum atomic E-state index is 0.159. The number of carbonyl (C=O) groups is 1. The third-order valence-corrected chi connectivity index (χ3v) is 3.38. The summed E-state index contributed by atoms with van der Waals surface area (Å²) in [6.45, 7) is 0. The fraction of sp³-hybridized carbons (Fsp3) is 0.222. The normalized spacial score (nSPS) is 10.9. The van der Waals surface area contributed by atoms with Crippen LogP contribution in [0.1, 0.15) is 41.7 Å². The quantitative estimate of drug-likeness (QED) is 0.520. The summed E-state index contributed by atoms with van der Waals surface area (Å²) in [6.07, 6.45) is 9.30. The minimum absolute atomic E-state index is 0.159. The summed E-state index contributed by atoms with van der Waals surface area (Å²) in [5, 5.41) is 0.610. The molecule has 0 amide bonds. The fourth-order valence-electron chi connectivity index (χ4n) is 2.03. The molecule has 0 atom stereocenters. The average Bonchev–Trinajstić information content (AvgIpc) is 2.51. The molecule has 1 aromatic carbocycles. The predicted octanol–water partition coefficient (Wildman–Crippen LogP) is 5.19. The van der Waals surface area contributed by atoms with Crippen molar-refractivity contribution < 1.29 is 4.79 Å². The van der Waals surface area contributed by atoms with Gasteiger partial charge in [-0.25, -0.2) is 0 Å². The van der Waals surface area contributed by atoms with E-state index in [1.165, 1.54) is 0 Å². The maximum Gasteiger partial charge on any atom is 0.162 e. The van der Waals surface area contributed by atoms with Gasteiger partial charge in [-0.15, -0.1) is 0 Å². The van der Waals surface area contributed by atoms with Crippen LogP contribution in [0.3, 0.4) is 0 Å². The first-order valence-corrected chi connectivity index (χ1v) is 7.50. The molecule has 108 valence electrons. The molecule has 1 heterocycles. The van der Waals surface area contributed by atoms with Gasteiger partial charge in [0, 0.05) is 23.2 Å². The van der Waals surface area contributed by atoms with Gasteiger partial charge in [0.05, 0.1) is 5.69 Å². The molecule has 0 saturated heterocycles. The van der Waals surface area contributed by atoms with Crippen LogP contribution in [0.25, 0.3) is 6.08 Å². The van der Waals surface area contributed by atoms with Crippen molar-refractivity contribution >= 4 is 23.5 Å². The van der Waals surface area contributed by atoms with Crippen molar-refractivity contribution in [1.29, 1.82) is 0 Å². The van der Waals surface area contributed by atoms with Gasteiger partial charge in [-0.1, -0.05) is 35.9 Å². The number of ketones is 1. The average molecular weight is 300 g/mol. The van der Waals surface area contributed by atoms with E-state index in [9.17, 15) is 4.79 Å². The Labute approximate surface area is 130 Å². The third kappa shape index (κ3) is 5.52. The molecule has 0 unspecified atom stereocenters. The van der Waals surface area contributed by atoms with Gasteiger partial charge in [0.1, 0.15) is 0 Å². The van der Waals surface area contributed by atoms with Crippen molar-refractivity contribution in [3.63, 3.8) is 0 Å². The highest BCUT2D eigenvalue weighted by atomic mass is 35.5.